The Bertz CT molecular complexity index is 434. The summed E-state index contributed by atoms with van der Waals surface area (Å²) < 4.78 is 0. The lowest BCUT2D eigenvalue weighted by molar-refractivity contribution is -0.124. The van der Waals surface area contributed by atoms with E-state index < -0.39 is 0 Å². The van der Waals surface area contributed by atoms with Crippen molar-refractivity contribution in [2.24, 2.45) is 17.5 Å². The first-order chi connectivity index (χ1) is 9.10. The minimum atomic E-state index is -0.217. The van der Waals surface area contributed by atoms with Gasteiger partial charge in [0.15, 0.2) is 5.82 Å². The van der Waals surface area contributed by atoms with Crippen molar-refractivity contribution < 1.29 is 4.79 Å². The van der Waals surface area contributed by atoms with Crippen molar-refractivity contribution in [3.63, 3.8) is 0 Å². The third-order valence-corrected chi connectivity index (χ3v) is 3.63. The van der Waals surface area contributed by atoms with Gasteiger partial charge >= 0.3 is 0 Å². The van der Waals surface area contributed by atoms with Crippen LogP contribution in [0.15, 0.2) is 12.4 Å². The quantitative estimate of drug-likeness (QED) is 0.515. The summed E-state index contributed by atoms with van der Waals surface area (Å²) in [5.74, 6) is 5.50. The van der Waals surface area contributed by atoms with Gasteiger partial charge in [-0.15, -0.1) is 0 Å². The van der Waals surface area contributed by atoms with Crippen molar-refractivity contribution in [1.29, 1.82) is 0 Å². The Morgan fingerprint density at radius 1 is 1.47 bits per heavy atom. The number of piperidine rings is 1. The molecule has 0 aromatic carbocycles. The van der Waals surface area contributed by atoms with E-state index in [1.165, 1.54) is 0 Å². The third-order valence-electron chi connectivity index (χ3n) is 3.63. The molecule has 0 aliphatic carbocycles. The van der Waals surface area contributed by atoms with Crippen LogP contribution in [0.3, 0.4) is 0 Å². The lowest BCUT2D eigenvalue weighted by Crippen LogP contribution is -2.45. The predicted molar refractivity (Wildman–Crippen MR) is 71.6 cm³/mol. The molecule has 1 fully saturated rings. The second-order valence-corrected chi connectivity index (χ2v) is 4.99. The number of carbonyl (C=O) groups is 1. The van der Waals surface area contributed by atoms with E-state index >= 15 is 0 Å². The van der Waals surface area contributed by atoms with E-state index in [-0.39, 0.29) is 11.8 Å². The highest BCUT2D eigenvalue weighted by Crippen LogP contribution is 2.23. The number of hydrogen-bond donors (Lipinski definition) is 3. The van der Waals surface area contributed by atoms with E-state index in [1.807, 2.05) is 0 Å². The molecule has 0 spiro atoms. The maximum absolute atomic E-state index is 11.3. The van der Waals surface area contributed by atoms with Crippen molar-refractivity contribution in [2.75, 3.05) is 12.0 Å². The van der Waals surface area contributed by atoms with Crippen molar-refractivity contribution in [3.05, 3.63) is 18.1 Å². The molecule has 7 nitrogen and oxygen atoms in total. The molecule has 0 bridgehead atoms. The van der Waals surface area contributed by atoms with Crippen molar-refractivity contribution in [1.82, 2.24) is 14.9 Å². The lowest BCUT2D eigenvalue weighted by Gasteiger charge is -2.36. The number of hydrazine groups is 1. The van der Waals surface area contributed by atoms with E-state index in [9.17, 15) is 4.79 Å². The van der Waals surface area contributed by atoms with Crippen LogP contribution in [0.1, 0.15) is 25.5 Å². The van der Waals surface area contributed by atoms with Crippen LogP contribution in [0.25, 0.3) is 0 Å². The number of nitrogens with zero attached hydrogens (tertiary/aromatic N) is 3. The lowest BCUT2D eigenvalue weighted by atomic mass is 9.93. The molecule has 2 unspecified atom stereocenters. The van der Waals surface area contributed by atoms with Gasteiger partial charge < -0.3 is 11.2 Å². The molecule has 104 valence electrons. The first kappa shape index (κ1) is 13.7. The molecule has 1 amide bonds. The number of nitrogens with one attached hydrogen (secondary N) is 1. The standard InChI is InChI=1S/C12H20N6O/c1-8-2-3-9(12(13)19)6-18(8)7-10-4-16-11(17-14)5-15-10/h4-5,8-9H,2-3,6-7,14H2,1H3,(H2,13,19)(H,16,17). The van der Waals surface area contributed by atoms with E-state index in [0.717, 1.165) is 18.5 Å². The summed E-state index contributed by atoms with van der Waals surface area (Å²) in [7, 11) is 0. The molecule has 0 saturated carbocycles. The SMILES string of the molecule is CC1CCC(C(N)=O)CN1Cc1cnc(NN)cn1. The van der Waals surface area contributed by atoms with Crippen LogP contribution >= 0.6 is 0 Å². The van der Waals surface area contributed by atoms with E-state index in [1.54, 1.807) is 12.4 Å². The number of primary amides is 1. The van der Waals surface area contributed by atoms with Crippen molar-refractivity contribution in [2.45, 2.75) is 32.4 Å². The number of likely N-dealkylation sites (tertiary alicyclic amines) is 1. The maximum atomic E-state index is 11.3. The van der Waals surface area contributed by atoms with E-state index in [0.29, 0.717) is 24.9 Å². The average molecular weight is 264 g/mol. The highest BCUT2D eigenvalue weighted by atomic mass is 16.1. The summed E-state index contributed by atoms with van der Waals surface area (Å²) in [6.45, 7) is 3.51. The van der Waals surface area contributed by atoms with Crippen molar-refractivity contribution in [3.8, 4) is 0 Å². The van der Waals surface area contributed by atoms with Crippen LogP contribution in [0.2, 0.25) is 0 Å². The Morgan fingerprint density at radius 2 is 2.26 bits per heavy atom. The van der Waals surface area contributed by atoms with Gasteiger partial charge in [-0.25, -0.2) is 10.8 Å². The van der Waals surface area contributed by atoms with Crippen LogP contribution in [0.5, 0.6) is 0 Å². The van der Waals surface area contributed by atoms with E-state index in [2.05, 4.69) is 27.2 Å². The molecule has 19 heavy (non-hydrogen) atoms. The number of carbonyl (C=O) groups excluding carboxylic acids is 1. The van der Waals surface area contributed by atoms with Gasteiger partial charge in [-0.2, -0.15) is 0 Å². The minimum absolute atomic E-state index is 0.0610. The number of hydrogen-bond acceptors (Lipinski definition) is 6. The van der Waals surface area contributed by atoms with Crippen LogP contribution < -0.4 is 17.0 Å². The zero-order valence-electron chi connectivity index (χ0n) is 11.0. The Balaban J connectivity index is 2.01. The monoisotopic (exact) mass is 264 g/mol. The average Bonchev–Trinajstić information content (AvgIpc) is 2.42. The van der Waals surface area contributed by atoms with Gasteiger partial charge in [-0.1, -0.05) is 0 Å². The molecule has 1 aromatic rings. The normalized spacial score (nSPS) is 24.1. The number of anilines is 1. The first-order valence-corrected chi connectivity index (χ1v) is 6.41. The first-order valence-electron chi connectivity index (χ1n) is 6.41. The second kappa shape index (κ2) is 5.94. The van der Waals surface area contributed by atoms with Crippen molar-refractivity contribution >= 4 is 11.7 Å². The summed E-state index contributed by atoms with van der Waals surface area (Å²) in [5, 5.41) is 0. The fourth-order valence-electron chi connectivity index (χ4n) is 2.35. The zero-order valence-corrected chi connectivity index (χ0v) is 11.0. The molecular weight excluding hydrogens is 244 g/mol. The maximum Gasteiger partial charge on any atom is 0.221 e. The van der Waals surface area contributed by atoms with Crippen LogP contribution in [0, 0.1) is 5.92 Å². The van der Waals surface area contributed by atoms with Crippen LogP contribution in [-0.2, 0) is 11.3 Å². The van der Waals surface area contributed by atoms with Crippen LogP contribution in [0.4, 0.5) is 5.82 Å². The Kier molecular flexibility index (Phi) is 4.28. The summed E-state index contributed by atoms with van der Waals surface area (Å²) >= 11 is 0. The third kappa shape index (κ3) is 3.39. The number of aromatic nitrogens is 2. The summed E-state index contributed by atoms with van der Waals surface area (Å²) in [6, 6.07) is 0.421. The minimum Gasteiger partial charge on any atom is -0.369 e. The summed E-state index contributed by atoms with van der Waals surface area (Å²) in [4.78, 5) is 21.9. The molecule has 2 atom stereocenters. The largest absolute Gasteiger partial charge is 0.369 e. The molecule has 0 radical (unpaired) electrons. The molecule has 1 aliphatic heterocycles. The van der Waals surface area contributed by atoms with E-state index in [4.69, 9.17) is 11.6 Å². The summed E-state index contributed by atoms with van der Waals surface area (Å²) in [5.41, 5.74) is 8.69. The summed E-state index contributed by atoms with van der Waals surface area (Å²) in [6.07, 6.45) is 5.13. The highest BCUT2D eigenvalue weighted by molar-refractivity contribution is 5.76. The van der Waals surface area contributed by atoms with Gasteiger partial charge in [0.2, 0.25) is 5.91 Å². The van der Waals surface area contributed by atoms with Gasteiger partial charge in [0.25, 0.3) is 0 Å². The van der Waals surface area contributed by atoms with Gasteiger partial charge in [-0.05, 0) is 19.8 Å². The smallest absolute Gasteiger partial charge is 0.221 e. The fourth-order valence-corrected chi connectivity index (χ4v) is 2.35. The Labute approximate surface area is 112 Å². The van der Waals surface area contributed by atoms with Gasteiger partial charge in [0.05, 0.1) is 24.0 Å². The molecule has 1 aromatic heterocycles. The molecule has 1 saturated heterocycles. The molecule has 7 heteroatoms. The molecule has 1 aliphatic rings. The fraction of sp³-hybridized carbons (Fsp3) is 0.583. The molecule has 2 heterocycles. The molecule has 2 rings (SSSR count). The zero-order chi connectivity index (χ0) is 13.8. The Morgan fingerprint density at radius 3 is 2.84 bits per heavy atom. The number of nitrogen functional groups attached to an aromatic ring is 1. The predicted octanol–water partition coefficient (Wildman–Crippen LogP) is -0.152. The van der Waals surface area contributed by atoms with Gasteiger partial charge in [-0.3, -0.25) is 14.7 Å². The number of nitrogens with two attached hydrogens (primary N) is 2. The number of amides is 1. The number of rotatable bonds is 4. The van der Waals surface area contributed by atoms with Gasteiger partial charge in [0, 0.05) is 19.1 Å². The topological polar surface area (TPSA) is 110 Å². The van der Waals surface area contributed by atoms with Crippen LogP contribution in [-0.4, -0.2) is 33.4 Å². The molecule has 5 N–H and O–H groups in total. The molecular formula is C12H20N6O. The van der Waals surface area contributed by atoms with Gasteiger partial charge in [0.1, 0.15) is 0 Å². The second-order valence-electron chi connectivity index (χ2n) is 4.99. The highest BCUT2D eigenvalue weighted by Gasteiger charge is 2.28. The Hall–Kier alpha value is -1.73.